The van der Waals surface area contributed by atoms with Crippen molar-refractivity contribution in [2.45, 2.75) is 11.5 Å². The van der Waals surface area contributed by atoms with Gasteiger partial charge in [-0.1, -0.05) is 11.6 Å². The third-order valence-corrected chi connectivity index (χ3v) is 6.50. The first-order chi connectivity index (χ1) is 9.87. The van der Waals surface area contributed by atoms with Crippen LogP contribution in [0.5, 0.6) is 5.75 Å². The molecule has 0 amide bonds. The molecule has 0 saturated heterocycles. The van der Waals surface area contributed by atoms with Crippen molar-refractivity contribution in [1.29, 1.82) is 0 Å². The highest BCUT2D eigenvalue weighted by Gasteiger charge is 2.22. The van der Waals surface area contributed by atoms with Crippen LogP contribution in [0.25, 0.3) is 0 Å². The summed E-state index contributed by atoms with van der Waals surface area (Å²) in [6, 6.07) is 6.07. The number of aliphatic hydroxyl groups excluding tert-OH is 1. The lowest BCUT2D eigenvalue weighted by Gasteiger charge is -2.10. The van der Waals surface area contributed by atoms with Gasteiger partial charge < -0.3 is 9.84 Å². The molecule has 21 heavy (non-hydrogen) atoms. The summed E-state index contributed by atoms with van der Waals surface area (Å²) >= 11 is 10.3. The molecule has 0 aliphatic heterocycles. The topological polar surface area (TPSA) is 75.6 Å². The second-order valence-corrected chi connectivity index (χ2v) is 8.47. The molecule has 0 saturated carbocycles. The number of aliphatic hydroxyl groups is 1. The molecule has 1 aromatic carbocycles. The van der Waals surface area contributed by atoms with Crippen LogP contribution in [-0.2, 0) is 16.6 Å². The van der Waals surface area contributed by atoms with Gasteiger partial charge >= 0.3 is 0 Å². The summed E-state index contributed by atoms with van der Waals surface area (Å²) in [6.07, 6.45) is 0. The summed E-state index contributed by atoms with van der Waals surface area (Å²) < 4.78 is 32.6. The quantitative estimate of drug-likeness (QED) is 0.788. The van der Waals surface area contributed by atoms with Crippen molar-refractivity contribution in [2.75, 3.05) is 11.8 Å². The van der Waals surface area contributed by atoms with Crippen LogP contribution in [0, 0.1) is 0 Å². The maximum absolute atomic E-state index is 12.4. The van der Waals surface area contributed by atoms with Gasteiger partial charge in [-0.25, -0.2) is 8.42 Å². The van der Waals surface area contributed by atoms with E-state index >= 15 is 0 Å². The van der Waals surface area contributed by atoms with Crippen molar-refractivity contribution in [3.05, 3.63) is 38.0 Å². The summed E-state index contributed by atoms with van der Waals surface area (Å²) in [7, 11) is -2.34. The second kappa shape index (κ2) is 6.53. The van der Waals surface area contributed by atoms with Crippen molar-refractivity contribution in [3.63, 3.8) is 0 Å². The number of anilines is 1. The zero-order valence-electron chi connectivity index (χ0n) is 10.8. The normalized spacial score (nSPS) is 11.4. The summed E-state index contributed by atoms with van der Waals surface area (Å²) in [6.45, 7) is -0.224. The molecular formula is C12H11BrClNO4S2. The van der Waals surface area contributed by atoms with Crippen molar-refractivity contribution in [2.24, 2.45) is 0 Å². The molecule has 9 heteroatoms. The van der Waals surface area contributed by atoms with Gasteiger partial charge in [-0.15, -0.1) is 11.3 Å². The van der Waals surface area contributed by atoms with E-state index in [1.165, 1.54) is 19.2 Å². The van der Waals surface area contributed by atoms with Crippen molar-refractivity contribution < 1.29 is 18.3 Å². The van der Waals surface area contributed by atoms with Crippen molar-refractivity contribution in [3.8, 4) is 5.75 Å². The van der Waals surface area contributed by atoms with Crippen molar-refractivity contribution in [1.82, 2.24) is 0 Å². The SMILES string of the molecule is COc1ccc(Cl)c(NS(=O)(=O)c2cc(CO)sc2Br)c1. The zero-order valence-corrected chi connectivity index (χ0v) is 14.7. The molecule has 0 radical (unpaired) electrons. The fourth-order valence-corrected chi connectivity index (χ4v) is 5.40. The van der Waals surface area contributed by atoms with Crippen LogP contribution in [0.3, 0.4) is 0 Å². The van der Waals surface area contributed by atoms with E-state index in [2.05, 4.69) is 20.7 Å². The third-order valence-electron chi connectivity index (χ3n) is 2.57. The van der Waals surface area contributed by atoms with Crippen LogP contribution >= 0.6 is 38.9 Å². The molecule has 5 nitrogen and oxygen atoms in total. The molecule has 0 bridgehead atoms. The first-order valence-corrected chi connectivity index (χ1v) is 9.10. The van der Waals surface area contributed by atoms with E-state index in [0.29, 0.717) is 14.4 Å². The fraction of sp³-hybridized carbons (Fsp3) is 0.167. The van der Waals surface area contributed by atoms with Gasteiger partial charge in [-0.2, -0.15) is 0 Å². The lowest BCUT2D eigenvalue weighted by molar-refractivity contribution is 0.285. The Kier molecular flexibility index (Phi) is 5.15. The number of halogens is 2. The monoisotopic (exact) mass is 411 g/mol. The predicted octanol–water partition coefficient (Wildman–Crippen LogP) is 3.47. The molecule has 2 aromatic rings. The number of rotatable bonds is 5. The van der Waals surface area contributed by atoms with Gasteiger partial charge in [0.1, 0.15) is 10.6 Å². The minimum absolute atomic E-state index is 0.0513. The average molecular weight is 413 g/mol. The third kappa shape index (κ3) is 3.70. The molecule has 0 atom stereocenters. The predicted molar refractivity (Wildman–Crippen MR) is 86.8 cm³/mol. The zero-order chi connectivity index (χ0) is 15.6. The standard InChI is InChI=1S/C12H11BrClNO4S2/c1-19-7-2-3-9(14)10(4-7)15-21(17,18)11-5-8(6-16)20-12(11)13/h2-5,15-16H,6H2,1H3. The van der Waals surface area contributed by atoms with Gasteiger partial charge in [0, 0.05) is 10.9 Å². The molecule has 0 fully saturated rings. The Morgan fingerprint density at radius 3 is 2.71 bits per heavy atom. The molecule has 1 aromatic heterocycles. The Morgan fingerprint density at radius 2 is 2.14 bits per heavy atom. The Hall–Kier alpha value is -0.800. The number of hydrogen-bond acceptors (Lipinski definition) is 5. The largest absolute Gasteiger partial charge is 0.497 e. The summed E-state index contributed by atoms with van der Waals surface area (Å²) in [5.74, 6) is 0.484. The van der Waals surface area contributed by atoms with Gasteiger partial charge in [0.15, 0.2) is 0 Å². The van der Waals surface area contributed by atoms with E-state index in [4.69, 9.17) is 21.4 Å². The average Bonchev–Trinajstić information content (AvgIpc) is 2.83. The number of benzene rings is 1. The van der Waals surface area contributed by atoms with Gasteiger partial charge in [0.2, 0.25) is 0 Å². The van der Waals surface area contributed by atoms with Gasteiger partial charge in [-0.05, 0) is 34.1 Å². The van der Waals surface area contributed by atoms with Crippen LogP contribution in [0.4, 0.5) is 5.69 Å². The number of hydrogen-bond donors (Lipinski definition) is 2. The Bertz CT molecular complexity index is 761. The lowest BCUT2D eigenvalue weighted by Crippen LogP contribution is -2.13. The molecule has 114 valence electrons. The van der Waals surface area contributed by atoms with Crippen LogP contribution in [0.2, 0.25) is 5.02 Å². The summed E-state index contributed by atoms with van der Waals surface area (Å²) in [5.41, 5.74) is 0.222. The summed E-state index contributed by atoms with van der Waals surface area (Å²) in [5, 5.41) is 9.34. The first-order valence-electron chi connectivity index (χ1n) is 5.63. The minimum atomic E-state index is -3.82. The maximum atomic E-state index is 12.4. The molecule has 0 unspecified atom stereocenters. The number of sulfonamides is 1. The molecule has 0 spiro atoms. The van der Waals surface area contributed by atoms with Gasteiger partial charge in [-0.3, -0.25) is 4.72 Å². The molecular weight excluding hydrogens is 402 g/mol. The summed E-state index contributed by atoms with van der Waals surface area (Å²) in [4.78, 5) is 0.592. The molecule has 2 N–H and O–H groups in total. The first kappa shape index (κ1) is 16.6. The Balaban J connectivity index is 2.39. The maximum Gasteiger partial charge on any atom is 0.263 e. The Morgan fingerprint density at radius 1 is 1.43 bits per heavy atom. The van der Waals surface area contributed by atoms with E-state index in [-0.39, 0.29) is 22.2 Å². The Labute approximate surface area is 139 Å². The number of nitrogens with one attached hydrogen (secondary N) is 1. The minimum Gasteiger partial charge on any atom is -0.497 e. The highest BCUT2D eigenvalue weighted by Crippen LogP contribution is 2.34. The molecule has 0 aliphatic carbocycles. The highest BCUT2D eigenvalue weighted by atomic mass is 79.9. The highest BCUT2D eigenvalue weighted by molar-refractivity contribution is 9.11. The van der Waals surface area contributed by atoms with E-state index < -0.39 is 10.0 Å². The molecule has 0 aliphatic rings. The van der Waals surface area contributed by atoms with Crippen LogP contribution in [0.1, 0.15) is 4.88 Å². The van der Waals surface area contributed by atoms with E-state index in [0.717, 1.165) is 11.3 Å². The number of thiophene rings is 1. The lowest BCUT2D eigenvalue weighted by atomic mass is 10.3. The fourth-order valence-electron chi connectivity index (χ4n) is 1.57. The van der Waals surface area contributed by atoms with Crippen LogP contribution in [0.15, 0.2) is 32.9 Å². The molecule has 2 rings (SSSR count). The van der Waals surface area contributed by atoms with Gasteiger partial charge in [0.05, 0.1) is 28.2 Å². The van der Waals surface area contributed by atoms with Crippen LogP contribution in [-0.4, -0.2) is 20.6 Å². The van der Waals surface area contributed by atoms with Crippen LogP contribution < -0.4 is 9.46 Å². The van der Waals surface area contributed by atoms with Crippen molar-refractivity contribution >= 4 is 54.6 Å². The smallest absolute Gasteiger partial charge is 0.263 e. The molecule has 1 heterocycles. The number of methoxy groups -OCH3 is 1. The second-order valence-electron chi connectivity index (χ2n) is 3.96. The van der Waals surface area contributed by atoms with E-state index in [1.54, 1.807) is 12.1 Å². The van der Waals surface area contributed by atoms with Gasteiger partial charge in [0.25, 0.3) is 10.0 Å². The number of ether oxygens (including phenoxy) is 1. The van der Waals surface area contributed by atoms with E-state index in [1.807, 2.05) is 0 Å². The van der Waals surface area contributed by atoms with E-state index in [9.17, 15) is 8.42 Å².